The summed E-state index contributed by atoms with van der Waals surface area (Å²) in [6.45, 7) is 4.06. The van der Waals surface area contributed by atoms with Crippen LogP contribution >= 0.6 is 0 Å². The average molecular weight is 258 g/mol. The van der Waals surface area contributed by atoms with Crippen LogP contribution in [0.5, 0.6) is 0 Å². The van der Waals surface area contributed by atoms with Gasteiger partial charge in [0.1, 0.15) is 12.0 Å². The van der Waals surface area contributed by atoms with Crippen LogP contribution in [0.3, 0.4) is 0 Å². The summed E-state index contributed by atoms with van der Waals surface area (Å²) < 4.78 is 9.77. The first kappa shape index (κ1) is 17.1. The summed E-state index contributed by atoms with van der Waals surface area (Å²) in [5, 5.41) is 0. The van der Waals surface area contributed by atoms with Gasteiger partial charge in [0.25, 0.3) is 0 Å². The highest BCUT2D eigenvalue weighted by Crippen LogP contribution is 2.34. The molecule has 0 bridgehead atoms. The van der Waals surface area contributed by atoms with Gasteiger partial charge in [0, 0.05) is 7.11 Å². The van der Waals surface area contributed by atoms with Gasteiger partial charge in [-0.2, -0.15) is 0 Å². The Bertz CT molecular complexity index is 253. The van der Waals surface area contributed by atoms with E-state index in [1.165, 1.54) is 14.2 Å². The Morgan fingerprint density at radius 2 is 1.50 bits per heavy atom. The molecule has 4 heteroatoms. The third-order valence-electron chi connectivity index (χ3n) is 3.30. The Balaban J connectivity index is 5.10. The van der Waals surface area contributed by atoms with Gasteiger partial charge in [-0.1, -0.05) is 39.5 Å². The zero-order valence-corrected chi connectivity index (χ0v) is 12.1. The van der Waals surface area contributed by atoms with Gasteiger partial charge >= 0.3 is 5.97 Å². The minimum Gasteiger partial charge on any atom is -0.468 e. The molecule has 0 aliphatic heterocycles. The SMILES string of the molecule is CCCCC(CCCC)(C(=O)COC)C(=O)OC. The maximum absolute atomic E-state index is 12.3. The van der Waals surface area contributed by atoms with Crippen LogP contribution in [0.15, 0.2) is 0 Å². The second kappa shape index (κ2) is 9.09. The fourth-order valence-electron chi connectivity index (χ4n) is 2.14. The fraction of sp³-hybridized carbons (Fsp3) is 0.857. The van der Waals surface area contributed by atoms with Crippen LogP contribution in [-0.2, 0) is 19.1 Å². The van der Waals surface area contributed by atoms with Crippen molar-refractivity contribution in [2.45, 2.75) is 52.4 Å². The first-order valence-electron chi connectivity index (χ1n) is 6.69. The molecule has 4 nitrogen and oxygen atoms in total. The van der Waals surface area contributed by atoms with E-state index in [1.807, 2.05) is 13.8 Å². The molecule has 106 valence electrons. The van der Waals surface area contributed by atoms with E-state index >= 15 is 0 Å². The topological polar surface area (TPSA) is 52.6 Å². The monoisotopic (exact) mass is 258 g/mol. The minimum atomic E-state index is -1.00. The third kappa shape index (κ3) is 4.41. The molecular formula is C14H26O4. The summed E-state index contributed by atoms with van der Waals surface area (Å²) in [5.41, 5.74) is -1.00. The predicted octanol–water partition coefficient (Wildman–Crippen LogP) is 2.74. The highest BCUT2D eigenvalue weighted by molar-refractivity contribution is 6.04. The number of ketones is 1. The van der Waals surface area contributed by atoms with E-state index in [9.17, 15) is 9.59 Å². The van der Waals surface area contributed by atoms with Gasteiger partial charge in [0.15, 0.2) is 5.78 Å². The van der Waals surface area contributed by atoms with Crippen molar-refractivity contribution in [1.82, 2.24) is 0 Å². The largest absolute Gasteiger partial charge is 0.468 e. The molecule has 0 heterocycles. The molecule has 0 saturated heterocycles. The maximum Gasteiger partial charge on any atom is 0.319 e. The Morgan fingerprint density at radius 1 is 1.00 bits per heavy atom. The van der Waals surface area contributed by atoms with Crippen molar-refractivity contribution in [1.29, 1.82) is 0 Å². The van der Waals surface area contributed by atoms with Crippen LogP contribution in [0.1, 0.15) is 52.4 Å². The summed E-state index contributed by atoms with van der Waals surface area (Å²) in [6.07, 6.45) is 4.69. The number of rotatable bonds is 10. The van der Waals surface area contributed by atoms with E-state index < -0.39 is 11.4 Å². The Morgan fingerprint density at radius 3 is 1.83 bits per heavy atom. The van der Waals surface area contributed by atoms with E-state index in [-0.39, 0.29) is 12.4 Å². The van der Waals surface area contributed by atoms with Crippen molar-refractivity contribution in [3.05, 3.63) is 0 Å². The molecule has 18 heavy (non-hydrogen) atoms. The van der Waals surface area contributed by atoms with Gasteiger partial charge in [-0.15, -0.1) is 0 Å². The van der Waals surface area contributed by atoms with Crippen LogP contribution in [0.4, 0.5) is 0 Å². The number of hydrogen-bond donors (Lipinski definition) is 0. The van der Waals surface area contributed by atoms with Gasteiger partial charge in [0.05, 0.1) is 7.11 Å². The molecule has 0 aromatic rings. The number of unbranched alkanes of at least 4 members (excludes halogenated alkanes) is 2. The zero-order valence-electron chi connectivity index (χ0n) is 12.1. The lowest BCUT2D eigenvalue weighted by Gasteiger charge is -2.29. The summed E-state index contributed by atoms with van der Waals surface area (Å²) in [7, 11) is 2.81. The Kier molecular flexibility index (Phi) is 8.63. The average Bonchev–Trinajstić information content (AvgIpc) is 2.38. The molecule has 0 unspecified atom stereocenters. The van der Waals surface area contributed by atoms with Crippen LogP contribution in [-0.4, -0.2) is 32.6 Å². The number of carbonyl (C=O) groups is 2. The van der Waals surface area contributed by atoms with Crippen molar-refractivity contribution < 1.29 is 19.1 Å². The van der Waals surface area contributed by atoms with Gasteiger partial charge in [-0.3, -0.25) is 9.59 Å². The van der Waals surface area contributed by atoms with Crippen molar-refractivity contribution in [2.75, 3.05) is 20.8 Å². The van der Waals surface area contributed by atoms with Crippen molar-refractivity contribution >= 4 is 11.8 Å². The summed E-state index contributed by atoms with van der Waals surface area (Å²) in [5.74, 6) is -0.565. The quantitative estimate of drug-likeness (QED) is 0.446. The molecule has 0 aromatic heterocycles. The lowest BCUT2D eigenvalue weighted by atomic mass is 9.75. The van der Waals surface area contributed by atoms with Crippen molar-refractivity contribution in [2.24, 2.45) is 5.41 Å². The highest BCUT2D eigenvalue weighted by atomic mass is 16.5. The molecule has 0 aliphatic rings. The number of methoxy groups -OCH3 is 2. The molecule has 0 amide bonds. The van der Waals surface area contributed by atoms with E-state index in [1.54, 1.807) is 0 Å². The van der Waals surface area contributed by atoms with Crippen LogP contribution in [0.25, 0.3) is 0 Å². The van der Waals surface area contributed by atoms with Crippen molar-refractivity contribution in [3.8, 4) is 0 Å². The first-order valence-corrected chi connectivity index (χ1v) is 6.69. The standard InChI is InChI=1S/C14H26O4/c1-5-7-9-14(10-8-6-2,13(16)18-4)12(15)11-17-3/h5-11H2,1-4H3. The van der Waals surface area contributed by atoms with E-state index in [4.69, 9.17) is 9.47 Å². The Labute approximate surface area is 110 Å². The summed E-state index contributed by atoms with van der Waals surface area (Å²) in [6, 6.07) is 0. The number of hydrogen-bond acceptors (Lipinski definition) is 4. The van der Waals surface area contributed by atoms with Crippen LogP contribution in [0, 0.1) is 5.41 Å². The van der Waals surface area contributed by atoms with Gasteiger partial charge in [-0.05, 0) is 12.8 Å². The second-order valence-electron chi connectivity index (χ2n) is 4.64. The molecule has 0 rings (SSSR count). The number of Topliss-reactive ketones (excluding diaryl/α,β-unsaturated/α-hetero) is 1. The minimum absolute atomic E-state index is 0.0253. The lowest BCUT2D eigenvalue weighted by Crippen LogP contribution is -2.42. The number of esters is 1. The smallest absolute Gasteiger partial charge is 0.319 e. The molecule has 0 aliphatic carbocycles. The molecular weight excluding hydrogens is 232 g/mol. The van der Waals surface area contributed by atoms with E-state index in [2.05, 4.69) is 0 Å². The van der Waals surface area contributed by atoms with Crippen LogP contribution in [0.2, 0.25) is 0 Å². The third-order valence-corrected chi connectivity index (χ3v) is 3.30. The summed E-state index contributed by atoms with van der Waals surface area (Å²) in [4.78, 5) is 24.3. The maximum atomic E-state index is 12.3. The van der Waals surface area contributed by atoms with Gasteiger partial charge < -0.3 is 9.47 Å². The van der Waals surface area contributed by atoms with Crippen molar-refractivity contribution in [3.63, 3.8) is 0 Å². The van der Waals surface area contributed by atoms with Crippen LogP contribution < -0.4 is 0 Å². The lowest BCUT2D eigenvalue weighted by molar-refractivity contribution is -0.160. The molecule has 0 radical (unpaired) electrons. The van der Waals surface area contributed by atoms with Gasteiger partial charge in [0.2, 0.25) is 0 Å². The fourth-order valence-corrected chi connectivity index (χ4v) is 2.14. The zero-order chi connectivity index (χ0) is 14.0. The molecule has 0 spiro atoms. The number of carbonyl (C=O) groups excluding carboxylic acids is 2. The Hall–Kier alpha value is -0.900. The predicted molar refractivity (Wildman–Crippen MR) is 70.4 cm³/mol. The molecule has 0 aromatic carbocycles. The molecule has 0 atom stereocenters. The second-order valence-corrected chi connectivity index (χ2v) is 4.64. The first-order chi connectivity index (χ1) is 8.58. The number of ether oxygens (including phenoxy) is 2. The van der Waals surface area contributed by atoms with E-state index in [0.717, 1.165) is 25.7 Å². The van der Waals surface area contributed by atoms with Gasteiger partial charge in [-0.25, -0.2) is 0 Å². The van der Waals surface area contributed by atoms with E-state index in [0.29, 0.717) is 12.8 Å². The molecule has 0 saturated carbocycles. The summed E-state index contributed by atoms with van der Waals surface area (Å²) >= 11 is 0. The molecule has 0 N–H and O–H groups in total. The normalized spacial score (nSPS) is 11.3. The molecule has 0 fully saturated rings. The highest BCUT2D eigenvalue weighted by Gasteiger charge is 2.45.